The molecule has 1 atom stereocenters. The maximum atomic E-state index is 12.2. The van der Waals surface area contributed by atoms with Crippen LogP contribution in [0.1, 0.15) is 32.2 Å². The molecule has 5 heteroatoms. The van der Waals surface area contributed by atoms with Crippen molar-refractivity contribution in [1.82, 2.24) is 9.55 Å². The van der Waals surface area contributed by atoms with Gasteiger partial charge in [0.05, 0.1) is 12.1 Å². The Hall–Kier alpha value is -1.36. The Morgan fingerprint density at radius 1 is 1.59 bits per heavy atom. The zero-order valence-electron chi connectivity index (χ0n) is 9.98. The summed E-state index contributed by atoms with van der Waals surface area (Å²) >= 11 is 0. The lowest BCUT2D eigenvalue weighted by atomic mass is 10.0. The van der Waals surface area contributed by atoms with Crippen LogP contribution in [0.3, 0.4) is 0 Å². The Balaban J connectivity index is 1.87. The minimum atomic E-state index is -0.158. The van der Waals surface area contributed by atoms with Gasteiger partial charge in [0.2, 0.25) is 0 Å². The second-order valence-corrected chi connectivity index (χ2v) is 5.21. The fourth-order valence-corrected chi connectivity index (χ4v) is 2.20. The van der Waals surface area contributed by atoms with Crippen molar-refractivity contribution in [3.63, 3.8) is 0 Å². The van der Waals surface area contributed by atoms with Crippen molar-refractivity contribution in [2.75, 3.05) is 18.5 Å². The minimum Gasteiger partial charge on any atom is -0.379 e. The molecular weight excluding hydrogens is 218 g/mol. The predicted molar refractivity (Wildman–Crippen MR) is 64.2 cm³/mol. The smallest absolute Gasteiger partial charge is 0.293 e. The second kappa shape index (κ2) is 3.84. The highest BCUT2D eigenvalue weighted by Crippen LogP contribution is 2.33. The molecule has 1 saturated heterocycles. The van der Waals surface area contributed by atoms with E-state index in [1.165, 1.54) is 0 Å². The van der Waals surface area contributed by atoms with Crippen LogP contribution in [0, 0.1) is 0 Å². The van der Waals surface area contributed by atoms with E-state index in [0.29, 0.717) is 18.5 Å². The Morgan fingerprint density at radius 3 is 3.06 bits per heavy atom. The first kappa shape index (κ1) is 10.8. The lowest BCUT2D eigenvalue weighted by Gasteiger charge is -2.23. The molecule has 1 aliphatic heterocycles. The van der Waals surface area contributed by atoms with Crippen molar-refractivity contribution in [2.24, 2.45) is 0 Å². The molecule has 0 radical (unpaired) electrons. The molecule has 3 rings (SSSR count). The lowest BCUT2D eigenvalue weighted by molar-refractivity contribution is 0.185. The van der Waals surface area contributed by atoms with E-state index in [1.807, 2.05) is 0 Å². The van der Waals surface area contributed by atoms with Gasteiger partial charge in [0.25, 0.3) is 5.56 Å². The van der Waals surface area contributed by atoms with E-state index in [2.05, 4.69) is 17.2 Å². The molecule has 2 heterocycles. The Morgan fingerprint density at radius 2 is 2.41 bits per heavy atom. The van der Waals surface area contributed by atoms with Gasteiger partial charge >= 0.3 is 0 Å². The van der Waals surface area contributed by atoms with Gasteiger partial charge in [-0.05, 0) is 26.2 Å². The SMILES string of the molecule is CC1(Nc2nccn(C3CC3)c2=O)CCOC1. The molecule has 2 aliphatic rings. The third kappa shape index (κ3) is 2.07. The summed E-state index contributed by atoms with van der Waals surface area (Å²) in [6.45, 7) is 3.44. The summed E-state index contributed by atoms with van der Waals surface area (Å²) in [5, 5.41) is 3.24. The summed E-state index contributed by atoms with van der Waals surface area (Å²) in [4.78, 5) is 16.3. The largest absolute Gasteiger partial charge is 0.379 e. The first-order valence-corrected chi connectivity index (χ1v) is 6.11. The molecule has 2 fully saturated rings. The van der Waals surface area contributed by atoms with Gasteiger partial charge in [-0.1, -0.05) is 0 Å². The van der Waals surface area contributed by atoms with E-state index in [4.69, 9.17) is 4.74 Å². The molecule has 0 aromatic carbocycles. The van der Waals surface area contributed by atoms with E-state index in [9.17, 15) is 4.79 Å². The molecule has 0 spiro atoms. The Labute approximate surface area is 99.8 Å². The number of hydrogen-bond acceptors (Lipinski definition) is 4. The summed E-state index contributed by atoms with van der Waals surface area (Å²) < 4.78 is 7.15. The predicted octanol–water partition coefficient (Wildman–Crippen LogP) is 1.17. The first-order valence-electron chi connectivity index (χ1n) is 6.11. The molecule has 1 saturated carbocycles. The van der Waals surface area contributed by atoms with Crippen LogP contribution in [0.2, 0.25) is 0 Å². The molecule has 0 bridgehead atoms. The molecule has 5 nitrogen and oxygen atoms in total. The van der Waals surface area contributed by atoms with Gasteiger partial charge in [0.15, 0.2) is 5.82 Å². The third-order valence-corrected chi connectivity index (χ3v) is 3.45. The number of nitrogens with one attached hydrogen (secondary N) is 1. The molecule has 17 heavy (non-hydrogen) atoms. The van der Waals surface area contributed by atoms with Crippen LogP contribution in [-0.2, 0) is 4.74 Å². The van der Waals surface area contributed by atoms with Gasteiger partial charge in [0, 0.05) is 25.0 Å². The normalized spacial score (nSPS) is 28.3. The van der Waals surface area contributed by atoms with E-state index in [1.54, 1.807) is 17.0 Å². The van der Waals surface area contributed by atoms with Gasteiger partial charge in [-0.15, -0.1) is 0 Å². The average Bonchev–Trinajstić information content (AvgIpc) is 3.05. The van der Waals surface area contributed by atoms with Gasteiger partial charge in [-0.25, -0.2) is 4.98 Å². The van der Waals surface area contributed by atoms with Gasteiger partial charge in [-0.3, -0.25) is 4.79 Å². The van der Waals surface area contributed by atoms with Crippen LogP contribution in [0.15, 0.2) is 17.2 Å². The molecule has 1 aromatic heterocycles. The van der Waals surface area contributed by atoms with Crippen LogP contribution in [0.4, 0.5) is 5.82 Å². The fraction of sp³-hybridized carbons (Fsp3) is 0.667. The van der Waals surface area contributed by atoms with E-state index in [-0.39, 0.29) is 11.1 Å². The average molecular weight is 235 g/mol. The third-order valence-electron chi connectivity index (χ3n) is 3.45. The van der Waals surface area contributed by atoms with Crippen LogP contribution in [0.25, 0.3) is 0 Å². The zero-order chi connectivity index (χ0) is 11.9. The Bertz CT molecular complexity index is 473. The first-order chi connectivity index (χ1) is 8.18. The van der Waals surface area contributed by atoms with Crippen molar-refractivity contribution >= 4 is 5.82 Å². The highest BCUT2D eigenvalue weighted by molar-refractivity contribution is 5.35. The number of ether oxygens (including phenoxy) is 1. The Kier molecular flexibility index (Phi) is 2.43. The van der Waals surface area contributed by atoms with Crippen LogP contribution in [-0.4, -0.2) is 28.3 Å². The van der Waals surface area contributed by atoms with Crippen molar-refractivity contribution in [2.45, 2.75) is 37.8 Å². The van der Waals surface area contributed by atoms with E-state index >= 15 is 0 Å². The highest BCUT2D eigenvalue weighted by Gasteiger charge is 2.31. The lowest BCUT2D eigenvalue weighted by Crippen LogP contribution is -2.38. The van der Waals surface area contributed by atoms with Crippen molar-refractivity contribution in [3.8, 4) is 0 Å². The molecule has 1 unspecified atom stereocenters. The maximum Gasteiger partial charge on any atom is 0.293 e. The van der Waals surface area contributed by atoms with Crippen LogP contribution in [0.5, 0.6) is 0 Å². The molecular formula is C12H17N3O2. The summed E-state index contributed by atoms with van der Waals surface area (Å²) in [7, 11) is 0. The number of rotatable bonds is 3. The van der Waals surface area contributed by atoms with Gasteiger partial charge in [-0.2, -0.15) is 0 Å². The molecule has 1 N–H and O–H groups in total. The summed E-state index contributed by atoms with van der Waals surface area (Å²) in [5.74, 6) is 0.451. The van der Waals surface area contributed by atoms with Crippen molar-refractivity contribution < 1.29 is 4.74 Å². The topological polar surface area (TPSA) is 56.2 Å². The quantitative estimate of drug-likeness (QED) is 0.854. The molecule has 92 valence electrons. The summed E-state index contributed by atoms with van der Waals surface area (Å²) in [6.07, 6.45) is 6.58. The molecule has 0 amide bonds. The van der Waals surface area contributed by atoms with E-state index < -0.39 is 0 Å². The molecule has 1 aromatic rings. The molecule has 1 aliphatic carbocycles. The van der Waals surface area contributed by atoms with Crippen LogP contribution >= 0.6 is 0 Å². The minimum absolute atomic E-state index is 0.0110. The van der Waals surface area contributed by atoms with Crippen LogP contribution < -0.4 is 10.9 Å². The number of nitrogens with zero attached hydrogens (tertiary/aromatic N) is 2. The standard InChI is InChI=1S/C12H17N3O2/c1-12(4-7-17-8-12)14-10-11(16)15(6-5-13-10)9-2-3-9/h5-6,9H,2-4,7-8H2,1H3,(H,13,14). The van der Waals surface area contributed by atoms with Gasteiger partial charge < -0.3 is 14.6 Å². The van der Waals surface area contributed by atoms with Crippen molar-refractivity contribution in [3.05, 3.63) is 22.7 Å². The van der Waals surface area contributed by atoms with E-state index in [0.717, 1.165) is 25.9 Å². The monoisotopic (exact) mass is 235 g/mol. The number of aromatic nitrogens is 2. The number of anilines is 1. The number of hydrogen-bond donors (Lipinski definition) is 1. The zero-order valence-corrected chi connectivity index (χ0v) is 9.98. The summed E-state index contributed by atoms with van der Waals surface area (Å²) in [5.41, 5.74) is -0.169. The summed E-state index contributed by atoms with van der Waals surface area (Å²) in [6, 6.07) is 0.388. The maximum absolute atomic E-state index is 12.2. The highest BCUT2D eigenvalue weighted by atomic mass is 16.5. The van der Waals surface area contributed by atoms with Crippen molar-refractivity contribution in [1.29, 1.82) is 0 Å². The fourth-order valence-electron chi connectivity index (χ4n) is 2.20. The second-order valence-electron chi connectivity index (χ2n) is 5.21. The van der Waals surface area contributed by atoms with Gasteiger partial charge in [0.1, 0.15) is 0 Å².